The molecule has 0 bridgehead atoms. The monoisotopic (exact) mass is 586 g/mol. The van der Waals surface area contributed by atoms with Crippen molar-refractivity contribution in [2.75, 3.05) is 6.61 Å². The van der Waals surface area contributed by atoms with E-state index < -0.39 is 12.0 Å². The van der Waals surface area contributed by atoms with Gasteiger partial charge in [-0.1, -0.05) is 53.8 Å². The highest BCUT2D eigenvalue weighted by atomic mass is 79.9. The first-order valence-electron chi connectivity index (χ1n) is 11.2. The third-order valence-corrected chi connectivity index (χ3v) is 7.24. The topological polar surface area (TPSA) is 69.9 Å². The van der Waals surface area contributed by atoms with Crippen LogP contribution in [0, 0.1) is 0 Å². The molecule has 186 valence electrons. The fraction of sp³-hybridized carbons (Fsp3) is 0.222. The molecule has 3 aromatic rings. The number of nitrogens with zero attached hydrogens (tertiary/aromatic N) is 2. The molecule has 1 aliphatic heterocycles. The molecular formula is C27H24BrClN2O4S. The molecule has 0 N–H and O–H groups in total. The summed E-state index contributed by atoms with van der Waals surface area (Å²) in [5.41, 5.74) is 2.15. The Balaban J connectivity index is 1.86. The highest BCUT2D eigenvalue weighted by Crippen LogP contribution is 2.32. The van der Waals surface area contributed by atoms with E-state index in [1.54, 1.807) is 49.6 Å². The first-order valence-corrected chi connectivity index (χ1v) is 13.2. The maximum absolute atomic E-state index is 13.7. The molecule has 0 amide bonds. The van der Waals surface area contributed by atoms with Crippen LogP contribution in [0.5, 0.6) is 5.75 Å². The van der Waals surface area contributed by atoms with E-state index in [2.05, 4.69) is 27.5 Å². The number of hydrogen-bond donors (Lipinski definition) is 0. The number of halogens is 2. The van der Waals surface area contributed by atoms with E-state index in [4.69, 9.17) is 21.1 Å². The molecule has 1 unspecified atom stereocenters. The number of carbonyl (C=O) groups excluding carboxylic acids is 1. The van der Waals surface area contributed by atoms with Crippen LogP contribution >= 0.6 is 38.9 Å². The molecule has 0 saturated carbocycles. The lowest BCUT2D eigenvalue weighted by Gasteiger charge is -2.25. The van der Waals surface area contributed by atoms with Crippen LogP contribution in [0.4, 0.5) is 0 Å². The molecule has 2 aromatic carbocycles. The summed E-state index contributed by atoms with van der Waals surface area (Å²) in [5, 5.41) is 0.560. The molecule has 0 aliphatic carbocycles. The number of aromatic nitrogens is 1. The summed E-state index contributed by atoms with van der Waals surface area (Å²) < 4.78 is 13.9. The number of fused-ring (bicyclic) bond motifs is 1. The Kier molecular flexibility index (Phi) is 7.97. The predicted octanol–water partition coefficient (Wildman–Crippen LogP) is 5.17. The van der Waals surface area contributed by atoms with Crippen molar-refractivity contribution < 1.29 is 14.3 Å². The molecule has 0 fully saturated rings. The maximum Gasteiger partial charge on any atom is 0.338 e. The number of thiazole rings is 1. The van der Waals surface area contributed by atoms with Crippen molar-refractivity contribution >= 4 is 50.9 Å². The molecule has 0 saturated heterocycles. The van der Waals surface area contributed by atoms with E-state index in [1.807, 2.05) is 30.3 Å². The minimum absolute atomic E-state index is 0.246. The van der Waals surface area contributed by atoms with Crippen molar-refractivity contribution in [3.05, 3.63) is 107 Å². The number of ether oxygens (including phenoxy) is 2. The minimum atomic E-state index is -0.687. The second kappa shape index (κ2) is 11.0. The third kappa shape index (κ3) is 5.40. The fourth-order valence-corrected chi connectivity index (χ4v) is 5.53. The molecule has 1 atom stereocenters. The van der Waals surface area contributed by atoms with Gasteiger partial charge in [0.15, 0.2) is 4.80 Å². The Labute approximate surface area is 226 Å². The van der Waals surface area contributed by atoms with Crippen LogP contribution in [-0.4, -0.2) is 23.2 Å². The van der Waals surface area contributed by atoms with Gasteiger partial charge < -0.3 is 9.47 Å². The summed E-state index contributed by atoms with van der Waals surface area (Å²) in [6.45, 7) is 9.38. The van der Waals surface area contributed by atoms with Crippen LogP contribution in [-0.2, 0) is 9.53 Å². The normalized spacial score (nSPS) is 15.5. The molecule has 4 rings (SSSR count). The van der Waals surface area contributed by atoms with Gasteiger partial charge in [0.2, 0.25) is 0 Å². The van der Waals surface area contributed by atoms with Gasteiger partial charge >= 0.3 is 5.97 Å². The quantitative estimate of drug-likeness (QED) is 0.283. The molecule has 0 spiro atoms. The van der Waals surface area contributed by atoms with Crippen molar-refractivity contribution in [1.29, 1.82) is 0 Å². The number of carbonyl (C=O) groups is 1. The Hall–Kier alpha value is -2.94. The molecule has 0 radical (unpaired) electrons. The standard InChI is InChI=1S/C27H24BrClN2O4S/c1-5-12-34-21-11-6-17(13-20(21)28)14-22-25(32)31-24(18-7-9-19(29)10-8-18)23(26(33)35-15(2)3)16(4)30-27(31)36-22/h5-11,13-15,24H,1,12H2,2-4H3. The lowest BCUT2D eigenvalue weighted by Crippen LogP contribution is -2.40. The van der Waals surface area contributed by atoms with Crippen molar-refractivity contribution in [1.82, 2.24) is 4.57 Å². The van der Waals surface area contributed by atoms with Crippen molar-refractivity contribution in [3.8, 4) is 5.75 Å². The van der Waals surface area contributed by atoms with Crippen LogP contribution < -0.4 is 19.6 Å². The van der Waals surface area contributed by atoms with Gasteiger partial charge in [-0.05, 0) is 78.2 Å². The highest BCUT2D eigenvalue weighted by molar-refractivity contribution is 9.10. The smallest absolute Gasteiger partial charge is 0.338 e. The summed E-state index contributed by atoms with van der Waals surface area (Å²) in [7, 11) is 0. The lowest BCUT2D eigenvalue weighted by atomic mass is 9.96. The summed E-state index contributed by atoms with van der Waals surface area (Å²) in [4.78, 5) is 31.9. The van der Waals surface area contributed by atoms with E-state index >= 15 is 0 Å². The molecule has 1 aromatic heterocycles. The average Bonchev–Trinajstić information content (AvgIpc) is 3.12. The Bertz CT molecular complexity index is 1540. The van der Waals surface area contributed by atoms with Gasteiger partial charge in [-0.15, -0.1) is 0 Å². The van der Waals surface area contributed by atoms with E-state index in [-0.39, 0.29) is 11.7 Å². The van der Waals surface area contributed by atoms with Crippen LogP contribution in [0.15, 0.2) is 80.6 Å². The number of rotatable bonds is 7. The Morgan fingerprint density at radius 3 is 2.64 bits per heavy atom. The first kappa shape index (κ1) is 26.1. The van der Waals surface area contributed by atoms with Crippen molar-refractivity contribution in [3.63, 3.8) is 0 Å². The van der Waals surface area contributed by atoms with Crippen LogP contribution in [0.1, 0.15) is 37.9 Å². The number of benzene rings is 2. The average molecular weight is 588 g/mol. The van der Waals surface area contributed by atoms with Gasteiger partial charge in [-0.3, -0.25) is 9.36 Å². The number of esters is 1. The van der Waals surface area contributed by atoms with Gasteiger partial charge in [0.25, 0.3) is 5.56 Å². The van der Waals surface area contributed by atoms with Gasteiger partial charge in [0, 0.05) is 5.02 Å². The molecule has 2 heterocycles. The van der Waals surface area contributed by atoms with Gasteiger partial charge in [0.05, 0.1) is 32.4 Å². The lowest BCUT2D eigenvalue weighted by molar-refractivity contribution is -0.143. The zero-order valence-corrected chi connectivity index (χ0v) is 23.1. The minimum Gasteiger partial charge on any atom is -0.488 e. The first-order chi connectivity index (χ1) is 17.2. The maximum atomic E-state index is 13.7. The second-order valence-corrected chi connectivity index (χ2v) is 10.7. The molecule has 36 heavy (non-hydrogen) atoms. The predicted molar refractivity (Wildman–Crippen MR) is 146 cm³/mol. The van der Waals surface area contributed by atoms with Crippen LogP contribution in [0.3, 0.4) is 0 Å². The van der Waals surface area contributed by atoms with E-state index in [9.17, 15) is 9.59 Å². The summed E-state index contributed by atoms with van der Waals surface area (Å²) in [6, 6.07) is 12.0. The Morgan fingerprint density at radius 2 is 2.00 bits per heavy atom. The van der Waals surface area contributed by atoms with E-state index in [0.29, 0.717) is 38.0 Å². The SMILES string of the molecule is C=CCOc1ccc(C=c2sc3n(c2=O)C(c2ccc(Cl)cc2)C(C(=O)OC(C)C)=C(C)N=3)cc1Br. The fourth-order valence-electron chi connectivity index (χ4n) is 3.84. The van der Waals surface area contributed by atoms with Crippen LogP contribution in [0.2, 0.25) is 5.02 Å². The second-order valence-electron chi connectivity index (χ2n) is 8.38. The summed E-state index contributed by atoms with van der Waals surface area (Å²) in [5.74, 6) is 0.180. The highest BCUT2D eigenvalue weighted by Gasteiger charge is 2.33. The zero-order chi connectivity index (χ0) is 26.0. The van der Waals surface area contributed by atoms with E-state index in [0.717, 1.165) is 15.6 Å². The largest absolute Gasteiger partial charge is 0.488 e. The van der Waals surface area contributed by atoms with Crippen molar-refractivity contribution in [2.24, 2.45) is 4.99 Å². The Morgan fingerprint density at radius 1 is 1.28 bits per heavy atom. The third-order valence-electron chi connectivity index (χ3n) is 5.38. The van der Waals surface area contributed by atoms with Crippen molar-refractivity contribution in [2.45, 2.75) is 32.9 Å². The van der Waals surface area contributed by atoms with E-state index in [1.165, 1.54) is 11.3 Å². The van der Waals surface area contributed by atoms with Gasteiger partial charge in [-0.25, -0.2) is 9.79 Å². The summed E-state index contributed by atoms with van der Waals surface area (Å²) in [6.07, 6.45) is 3.16. The van der Waals surface area contributed by atoms with Gasteiger partial charge in [0.1, 0.15) is 12.4 Å². The molecular weight excluding hydrogens is 564 g/mol. The zero-order valence-electron chi connectivity index (χ0n) is 20.0. The summed E-state index contributed by atoms with van der Waals surface area (Å²) >= 11 is 10.9. The van der Waals surface area contributed by atoms with Gasteiger partial charge in [-0.2, -0.15) is 0 Å². The molecule has 1 aliphatic rings. The number of hydrogen-bond acceptors (Lipinski definition) is 6. The number of allylic oxidation sites excluding steroid dienone is 1. The molecule has 6 nitrogen and oxygen atoms in total. The van der Waals surface area contributed by atoms with Crippen LogP contribution in [0.25, 0.3) is 6.08 Å². The molecule has 9 heteroatoms.